The Bertz CT molecular complexity index is 1550. The van der Waals surface area contributed by atoms with Gasteiger partial charge in [-0.2, -0.15) is 5.10 Å². The van der Waals surface area contributed by atoms with E-state index in [9.17, 15) is 14.4 Å². The van der Waals surface area contributed by atoms with E-state index in [4.69, 9.17) is 5.10 Å². The van der Waals surface area contributed by atoms with Crippen LogP contribution in [-0.4, -0.2) is 29.7 Å². The molecule has 0 saturated carbocycles. The third-order valence-corrected chi connectivity index (χ3v) is 5.71. The maximum atomic E-state index is 13.3. The van der Waals surface area contributed by atoms with E-state index < -0.39 is 17.0 Å². The third kappa shape index (κ3) is 3.47. The molecular weight excluding hydrogens is 432 g/mol. The number of ketones is 1. The van der Waals surface area contributed by atoms with Crippen molar-refractivity contribution < 1.29 is 4.79 Å². The van der Waals surface area contributed by atoms with Gasteiger partial charge in [0.1, 0.15) is 17.1 Å². The zero-order chi connectivity index (χ0) is 23.8. The van der Waals surface area contributed by atoms with Gasteiger partial charge in [-0.25, -0.2) is 9.48 Å². The summed E-state index contributed by atoms with van der Waals surface area (Å²) in [6.07, 6.45) is 7.54. The van der Waals surface area contributed by atoms with Gasteiger partial charge in [-0.15, -0.1) is 0 Å². The molecule has 34 heavy (non-hydrogen) atoms. The molecule has 4 aromatic rings. The number of nitrogens with zero attached hydrogens (tertiary/aromatic N) is 5. The van der Waals surface area contributed by atoms with Crippen molar-refractivity contribution in [2.24, 2.45) is 7.05 Å². The van der Waals surface area contributed by atoms with Crippen molar-refractivity contribution in [3.05, 3.63) is 98.7 Å². The largest absolute Gasteiger partial charge is 0.338 e. The van der Waals surface area contributed by atoms with Crippen LogP contribution in [0.1, 0.15) is 29.3 Å². The number of Topliss-reactive ketones (excluding diaryl/α,β-unsaturated/α-hetero) is 1. The molecule has 4 heterocycles. The fraction of sp³-hybridized carbons (Fsp3) is 0.160. The summed E-state index contributed by atoms with van der Waals surface area (Å²) in [5.41, 5.74) is 2.06. The van der Waals surface area contributed by atoms with Crippen molar-refractivity contribution in [3.63, 3.8) is 0 Å². The molecule has 0 radical (unpaired) electrons. The Morgan fingerprint density at radius 1 is 1.06 bits per heavy atom. The molecule has 0 unspecified atom stereocenters. The Hall–Kier alpha value is -4.53. The number of allylic oxidation sites excluding steroid dienone is 1. The zero-order valence-corrected chi connectivity index (χ0v) is 18.7. The average Bonchev–Trinajstić information content (AvgIpc) is 3.43. The predicted molar refractivity (Wildman–Crippen MR) is 129 cm³/mol. The molecule has 0 atom stereocenters. The summed E-state index contributed by atoms with van der Waals surface area (Å²) in [7, 11) is 1.39. The second-order valence-corrected chi connectivity index (χ2v) is 7.99. The van der Waals surface area contributed by atoms with Gasteiger partial charge in [-0.1, -0.05) is 25.1 Å². The molecule has 1 aromatic carbocycles. The standard InChI is InChI=1S/C25H22N6O3/c1-3-12-30-23-20(24(33)29(2)25(30)34)22(32)19(27-23)13-17-15-31(18-9-5-4-6-10-18)28-21(17)16-8-7-11-26-14-16/h4-11,13-15,27H,3,12H2,1-2H3/b19-13-. The fourth-order valence-corrected chi connectivity index (χ4v) is 4.04. The molecule has 170 valence electrons. The van der Waals surface area contributed by atoms with Crippen molar-refractivity contribution in [3.8, 4) is 16.9 Å². The van der Waals surface area contributed by atoms with Gasteiger partial charge in [-0.3, -0.25) is 23.7 Å². The molecule has 9 nitrogen and oxygen atoms in total. The monoisotopic (exact) mass is 454 g/mol. The van der Waals surface area contributed by atoms with Crippen LogP contribution in [0.4, 0.5) is 5.82 Å². The number of fused-ring (bicyclic) bond motifs is 1. The number of carbonyl (C=O) groups is 1. The SMILES string of the molecule is CCCn1c2c(c(=O)n(C)c1=O)C(=O)/C(=C/c1cn(-c3ccccc3)nc1-c1cccnc1)N2. The molecule has 3 aromatic heterocycles. The van der Waals surface area contributed by atoms with Crippen LogP contribution in [0.2, 0.25) is 0 Å². The molecule has 0 aliphatic carbocycles. The second-order valence-electron chi connectivity index (χ2n) is 7.99. The lowest BCUT2D eigenvalue weighted by molar-refractivity contribution is 0.104. The van der Waals surface area contributed by atoms with Gasteiger partial charge < -0.3 is 5.32 Å². The Labute approximate surface area is 194 Å². The molecule has 0 fully saturated rings. The van der Waals surface area contributed by atoms with E-state index in [2.05, 4.69) is 10.3 Å². The Kier molecular flexibility index (Phi) is 5.29. The number of aromatic nitrogens is 5. The van der Waals surface area contributed by atoms with Crippen LogP contribution in [0.25, 0.3) is 23.0 Å². The van der Waals surface area contributed by atoms with Crippen LogP contribution < -0.4 is 16.6 Å². The minimum atomic E-state index is -0.610. The first-order valence-corrected chi connectivity index (χ1v) is 10.9. The number of carbonyl (C=O) groups excluding carboxylic acids is 1. The highest BCUT2D eigenvalue weighted by Crippen LogP contribution is 2.29. The summed E-state index contributed by atoms with van der Waals surface area (Å²) < 4.78 is 4.14. The first-order valence-electron chi connectivity index (χ1n) is 10.9. The van der Waals surface area contributed by atoms with Crippen LogP contribution in [0, 0.1) is 0 Å². The van der Waals surface area contributed by atoms with E-state index in [0.717, 1.165) is 15.8 Å². The van der Waals surface area contributed by atoms with Gasteiger partial charge in [0, 0.05) is 43.3 Å². The number of rotatable bonds is 5. The normalized spacial score (nSPS) is 13.8. The van der Waals surface area contributed by atoms with E-state index in [1.807, 2.05) is 55.6 Å². The van der Waals surface area contributed by atoms with Crippen molar-refractivity contribution in [2.75, 3.05) is 5.32 Å². The van der Waals surface area contributed by atoms with Crippen LogP contribution >= 0.6 is 0 Å². The van der Waals surface area contributed by atoms with E-state index in [-0.39, 0.29) is 17.1 Å². The maximum Gasteiger partial charge on any atom is 0.332 e. The highest BCUT2D eigenvalue weighted by atomic mass is 16.2. The molecule has 0 amide bonds. The van der Waals surface area contributed by atoms with Crippen LogP contribution in [0.5, 0.6) is 0 Å². The maximum absolute atomic E-state index is 13.3. The lowest BCUT2D eigenvalue weighted by atomic mass is 10.1. The average molecular weight is 454 g/mol. The topological polar surface area (TPSA) is 104 Å². The van der Waals surface area contributed by atoms with E-state index in [0.29, 0.717) is 24.2 Å². The van der Waals surface area contributed by atoms with Crippen LogP contribution in [-0.2, 0) is 13.6 Å². The second kappa shape index (κ2) is 8.43. The summed E-state index contributed by atoms with van der Waals surface area (Å²) in [6.45, 7) is 2.31. The van der Waals surface area contributed by atoms with Crippen LogP contribution in [0.15, 0.2) is 76.3 Å². The first kappa shape index (κ1) is 21.3. The van der Waals surface area contributed by atoms with E-state index in [1.54, 1.807) is 23.2 Å². The number of para-hydroxylation sites is 1. The van der Waals surface area contributed by atoms with E-state index in [1.165, 1.54) is 11.6 Å². The molecule has 1 N–H and O–H groups in total. The summed E-state index contributed by atoms with van der Waals surface area (Å²) >= 11 is 0. The molecular formula is C25H22N6O3. The highest BCUT2D eigenvalue weighted by Gasteiger charge is 2.32. The molecule has 0 spiro atoms. The number of pyridine rings is 1. The minimum absolute atomic E-state index is 0.0276. The van der Waals surface area contributed by atoms with Gasteiger partial charge >= 0.3 is 5.69 Å². The van der Waals surface area contributed by atoms with Gasteiger partial charge in [0.15, 0.2) is 0 Å². The van der Waals surface area contributed by atoms with Crippen molar-refractivity contribution in [2.45, 2.75) is 19.9 Å². The smallest absolute Gasteiger partial charge is 0.332 e. The van der Waals surface area contributed by atoms with Crippen molar-refractivity contribution in [1.29, 1.82) is 0 Å². The molecule has 1 aliphatic rings. The van der Waals surface area contributed by atoms with Gasteiger partial charge in [0.2, 0.25) is 5.78 Å². The molecule has 9 heteroatoms. The quantitative estimate of drug-likeness (QED) is 0.465. The van der Waals surface area contributed by atoms with Gasteiger partial charge in [0.05, 0.1) is 11.4 Å². The van der Waals surface area contributed by atoms with Gasteiger partial charge in [0.25, 0.3) is 5.56 Å². The van der Waals surface area contributed by atoms with Crippen LogP contribution in [0.3, 0.4) is 0 Å². The predicted octanol–water partition coefficient (Wildman–Crippen LogP) is 2.85. The summed E-state index contributed by atoms with van der Waals surface area (Å²) in [5, 5.41) is 7.76. The number of hydrogen-bond acceptors (Lipinski definition) is 6. The highest BCUT2D eigenvalue weighted by molar-refractivity contribution is 6.20. The molecule has 0 saturated heterocycles. The van der Waals surface area contributed by atoms with Crippen molar-refractivity contribution in [1.82, 2.24) is 23.9 Å². The minimum Gasteiger partial charge on any atom is -0.338 e. The zero-order valence-electron chi connectivity index (χ0n) is 18.7. The first-order chi connectivity index (χ1) is 16.5. The Morgan fingerprint density at radius 2 is 1.85 bits per heavy atom. The lowest BCUT2D eigenvalue weighted by Gasteiger charge is -2.11. The molecule has 5 rings (SSSR count). The fourth-order valence-electron chi connectivity index (χ4n) is 4.04. The van der Waals surface area contributed by atoms with Gasteiger partial charge in [-0.05, 0) is 36.8 Å². The number of hydrogen-bond donors (Lipinski definition) is 1. The Balaban J connectivity index is 1.66. The number of anilines is 1. The number of nitrogens with one attached hydrogen (secondary N) is 1. The number of benzene rings is 1. The summed E-state index contributed by atoms with van der Waals surface area (Å²) in [6, 6.07) is 13.3. The van der Waals surface area contributed by atoms with Crippen molar-refractivity contribution >= 4 is 17.7 Å². The molecule has 1 aliphatic heterocycles. The van der Waals surface area contributed by atoms with E-state index >= 15 is 0 Å². The molecule has 0 bridgehead atoms. The lowest BCUT2D eigenvalue weighted by Crippen LogP contribution is -2.40. The third-order valence-electron chi connectivity index (χ3n) is 5.71. The summed E-state index contributed by atoms with van der Waals surface area (Å²) in [5.74, 6) is -0.213. The summed E-state index contributed by atoms with van der Waals surface area (Å²) in [4.78, 5) is 42.9. The Morgan fingerprint density at radius 3 is 2.56 bits per heavy atom.